The molecule has 0 saturated carbocycles. The average molecular weight is 634 g/mol. The summed E-state index contributed by atoms with van der Waals surface area (Å²) in [7, 11) is -0.0945. The molecule has 0 saturated heterocycles. The van der Waals surface area contributed by atoms with Crippen molar-refractivity contribution in [1.82, 2.24) is 0 Å². The molecule has 45 heavy (non-hydrogen) atoms. The maximum Gasteiger partial charge on any atom is 1.00 e. The molecule has 0 aromatic heterocycles. The summed E-state index contributed by atoms with van der Waals surface area (Å²) in [6.07, 6.45) is 13.9. The minimum atomic E-state index is -0.0945. The molecular weight excluding hydrogens is 570 g/mol. The Morgan fingerprint density at radius 3 is 1.44 bits per heavy atom. The van der Waals surface area contributed by atoms with Gasteiger partial charge in [0.05, 0.1) is 25.1 Å². The molecule has 0 N–H and O–H groups in total. The predicted octanol–water partition coefficient (Wildman–Crippen LogP) is 8.24. The van der Waals surface area contributed by atoms with Gasteiger partial charge >= 0.3 is 18.9 Å². The Hall–Kier alpha value is -1.46. The van der Waals surface area contributed by atoms with Crippen LogP contribution < -0.4 is 38.4 Å². The minimum absolute atomic E-state index is 0. The molecule has 0 aliphatic carbocycles. The van der Waals surface area contributed by atoms with Crippen LogP contribution in [0.15, 0.2) is 30.3 Å². The van der Waals surface area contributed by atoms with Crippen molar-refractivity contribution in [3.63, 3.8) is 0 Å². The summed E-state index contributed by atoms with van der Waals surface area (Å²) < 4.78 is 19.8. The molecule has 4 nitrogen and oxygen atoms in total. The molecule has 0 amide bonds. The number of ether oxygens (including phenoxy) is 3. The summed E-state index contributed by atoms with van der Waals surface area (Å²) in [5, 5.41) is 0.874. The van der Waals surface area contributed by atoms with E-state index in [1.54, 1.807) is 0 Å². The number of unbranched alkanes of at least 4 members (excludes halogenated alkanes) is 3. The van der Waals surface area contributed by atoms with Crippen LogP contribution >= 0.6 is 8.58 Å². The van der Waals surface area contributed by atoms with Gasteiger partial charge in [0.15, 0.2) is 5.52 Å². The fourth-order valence-electron chi connectivity index (χ4n) is 5.67. The van der Waals surface area contributed by atoms with E-state index >= 15 is 0 Å². The van der Waals surface area contributed by atoms with E-state index in [0.717, 1.165) is 71.3 Å². The van der Waals surface area contributed by atoms with E-state index in [2.05, 4.69) is 41.5 Å². The first-order valence-corrected chi connectivity index (χ1v) is 18.7. The van der Waals surface area contributed by atoms with Crippen LogP contribution in [0.4, 0.5) is 0 Å². The normalized spacial score (nSPS) is 13.3. The molecule has 2 aromatic carbocycles. The third-order valence-corrected chi connectivity index (χ3v) is 10.3. The van der Waals surface area contributed by atoms with Crippen molar-refractivity contribution in [3.8, 4) is 17.2 Å². The van der Waals surface area contributed by atoms with Gasteiger partial charge in [-0.05, 0) is 70.6 Å². The topological polar surface area (TPSA) is 44.8 Å². The van der Waals surface area contributed by atoms with Gasteiger partial charge in [-0.25, -0.2) is 0 Å². The fraction of sp³-hybridized carbons (Fsp3) is 0.667. The van der Waals surface area contributed by atoms with E-state index in [1.165, 1.54) is 44.9 Å². The zero-order valence-corrected chi connectivity index (χ0v) is 31.4. The van der Waals surface area contributed by atoms with Gasteiger partial charge in [-0.1, -0.05) is 118 Å². The molecule has 0 fully saturated rings. The second-order valence-corrected chi connectivity index (χ2v) is 13.9. The van der Waals surface area contributed by atoms with Crippen LogP contribution in [0, 0.1) is 31.6 Å². The number of carbonyl (C=O) groups excluding carboxylic acids is 1. The zero-order valence-electron chi connectivity index (χ0n) is 30.4. The molecule has 0 bridgehead atoms. The first kappa shape index (κ1) is 41.6. The molecule has 2 aromatic rings. The summed E-state index contributed by atoms with van der Waals surface area (Å²) in [5.41, 5.74) is 2.97. The number of rotatable bonds is 24. The van der Waals surface area contributed by atoms with Gasteiger partial charge in [0, 0.05) is 17.7 Å². The molecule has 4 atom stereocenters. The zero-order chi connectivity index (χ0) is 32.3. The van der Waals surface area contributed by atoms with E-state index in [1.807, 2.05) is 44.2 Å². The van der Waals surface area contributed by atoms with E-state index in [-0.39, 0.29) is 33.0 Å². The van der Waals surface area contributed by atoms with Crippen LogP contribution in [-0.2, 0) is 0 Å². The van der Waals surface area contributed by atoms with Crippen molar-refractivity contribution in [2.75, 3.05) is 19.8 Å². The first-order valence-electron chi connectivity index (χ1n) is 17.7. The van der Waals surface area contributed by atoms with Crippen molar-refractivity contribution in [2.24, 2.45) is 17.8 Å². The Balaban J connectivity index is 0.0000101. The summed E-state index contributed by atoms with van der Waals surface area (Å²) >= 11 is 0. The van der Waals surface area contributed by atoms with E-state index in [4.69, 9.17) is 14.2 Å². The molecule has 0 radical (unpaired) electrons. The number of hydrogen-bond acceptors (Lipinski definition) is 4. The maximum atomic E-state index is 13.9. The maximum absolute atomic E-state index is 13.9. The summed E-state index contributed by atoms with van der Waals surface area (Å²) in [5.74, 6) is 3.74. The SMILES string of the molecule is CCCCC(CC)COc1cc(OCC(CC)CCCC)c(PC(=O)c2c(C)cccc2C)c(OCC(CC)CCCC)c1.[Li+]. The van der Waals surface area contributed by atoms with Crippen molar-refractivity contribution < 1.29 is 37.9 Å². The predicted molar refractivity (Wildman–Crippen MR) is 191 cm³/mol. The average Bonchev–Trinajstić information content (AvgIpc) is 3.02. The van der Waals surface area contributed by atoms with Gasteiger partial charge in [-0.15, -0.1) is 0 Å². The van der Waals surface area contributed by atoms with Crippen LogP contribution in [0.5, 0.6) is 17.2 Å². The van der Waals surface area contributed by atoms with Gasteiger partial charge in [-0.3, -0.25) is 4.79 Å². The van der Waals surface area contributed by atoms with Crippen LogP contribution in [-0.4, -0.2) is 25.3 Å². The van der Waals surface area contributed by atoms with Crippen molar-refractivity contribution in [3.05, 3.63) is 47.0 Å². The molecular formula is C39H63LiO4P+. The second-order valence-electron chi connectivity index (χ2n) is 12.7. The van der Waals surface area contributed by atoms with Crippen molar-refractivity contribution in [2.45, 2.75) is 132 Å². The summed E-state index contributed by atoms with van der Waals surface area (Å²) in [6.45, 7) is 19.5. The van der Waals surface area contributed by atoms with Crippen molar-refractivity contribution >= 4 is 19.4 Å². The Bertz CT molecular complexity index is 1040. The van der Waals surface area contributed by atoms with E-state index in [0.29, 0.717) is 37.6 Å². The standard InChI is InChI=1S/C39H63O4P.Li/c1-9-15-21-31(12-4)26-41-34-24-35(42-27-32(13-5)22-16-10-2)38(36(25-34)43-28-33(14-6)23-17-11-3)44-39(40)37-29(7)19-18-20-30(37)8;/h18-20,24-25,31-33,44H,9-17,21-23,26-28H2,1-8H3;/q;+1. The molecule has 248 valence electrons. The Morgan fingerprint density at radius 2 is 1.07 bits per heavy atom. The minimum Gasteiger partial charge on any atom is -0.493 e. The molecule has 0 spiro atoms. The molecule has 0 aliphatic rings. The van der Waals surface area contributed by atoms with E-state index in [9.17, 15) is 4.79 Å². The number of aryl methyl sites for hydroxylation is 2. The van der Waals surface area contributed by atoms with Gasteiger partial charge in [0.1, 0.15) is 17.2 Å². The van der Waals surface area contributed by atoms with Crippen LogP contribution in [0.2, 0.25) is 0 Å². The van der Waals surface area contributed by atoms with Crippen LogP contribution in [0.3, 0.4) is 0 Å². The quantitative estimate of drug-likeness (QED) is 0.0863. The van der Waals surface area contributed by atoms with Gasteiger partial charge in [0.2, 0.25) is 0 Å². The van der Waals surface area contributed by atoms with Gasteiger partial charge in [-0.2, -0.15) is 0 Å². The molecule has 2 rings (SSSR count). The monoisotopic (exact) mass is 633 g/mol. The molecule has 0 heterocycles. The number of hydrogen-bond donors (Lipinski definition) is 0. The largest absolute Gasteiger partial charge is 1.00 e. The summed E-state index contributed by atoms with van der Waals surface area (Å²) in [6, 6.07) is 10.1. The molecule has 4 unspecified atom stereocenters. The van der Waals surface area contributed by atoms with Crippen LogP contribution in [0.25, 0.3) is 0 Å². The Morgan fingerprint density at radius 1 is 0.667 bits per heavy atom. The van der Waals surface area contributed by atoms with E-state index < -0.39 is 0 Å². The summed E-state index contributed by atoms with van der Waals surface area (Å²) in [4.78, 5) is 13.9. The first-order chi connectivity index (χ1) is 21.3. The van der Waals surface area contributed by atoms with Crippen molar-refractivity contribution in [1.29, 1.82) is 0 Å². The number of benzene rings is 2. The Kier molecular flexibility index (Phi) is 22.0. The van der Waals surface area contributed by atoms with Crippen LogP contribution in [0.1, 0.15) is 140 Å². The molecule has 0 aliphatic heterocycles. The third kappa shape index (κ3) is 14.5. The molecule has 6 heteroatoms. The third-order valence-electron chi connectivity index (χ3n) is 9.05. The van der Waals surface area contributed by atoms with Gasteiger partial charge < -0.3 is 14.2 Å². The second kappa shape index (κ2) is 23.8. The smallest absolute Gasteiger partial charge is 0.493 e. The fourth-order valence-corrected chi connectivity index (χ4v) is 6.95. The van der Waals surface area contributed by atoms with Gasteiger partial charge in [0.25, 0.3) is 0 Å². The Labute approximate surface area is 290 Å². The number of carbonyl (C=O) groups is 1.